The van der Waals surface area contributed by atoms with Crippen LogP contribution in [0.25, 0.3) is 0 Å². The van der Waals surface area contributed by atoms with Crippen LogP contribution in [0.2, 0.25) is 5.04 Å². The third kappa shape index (κ3) is 4.30. The third-order valence-electron chi connectivity index (χ3n) is 6.45. The van der Waals surface area contributed by atoms with Gasteiger partial charge in [-0.1, -0.05) is 99.6 Å². The minimum absolute atomic E-state index is 0.105. The molecular formula is C28H32O3Si. The molecule has 0 bridgehead atoms. The van der Waals surface area contributed by atoms with Crippen LogP contribution >= 0.6 is 0 Å². The summed E-state index contributed by atoms with van der Waals surface area (Å²) in [5.74, 6) is -0.258. The standard InChI is InChI=1S/C28H32O3Si/c1-22-13-11-12-18-25(22)26(29)31-28(19-20-28)21-30-32(27(2,3)4,23-14-7-5-8-15-23)24-16-9-6-10-17-24/h5-18H,19-21H2,1-4H3. The van der Waals surface area contributed by atoms with Crippen molar-refractivity contribution in [3.63, 3.8) is 0 Å². The van der Waals surface area contributed by atoms with Gasteiger partial charge in [-0.05, 0) is 46.8 Å². The van der Waals surface area contributed by atoms with E-state index in [0.29, 0.717) is 12.2 Å². The van der Waals surface area contributed by atoms with Crippen molar-refractivity contribution in [1.82, 2.24) is 0 Å². The average molecular weight is 445 g/mol. The summed E-state index contributed by atoms with van der Waals surface area (Å²) in [5.41, 5.74) is 1.03. The molecule has 0 heterocycles. The van der Waals surface area contributed by atoms with Gasteiger partial charge in [-0.15, -0.1) is 0 Å². The van der Waals surface area contributed by atoms with E-state index in [1.807, 2.05) is 43.3 Å². The zero-order valence-corrected chi connectivity index (χ0v) is 20.4. The quantitative estimate of drug-likeness (QED) is 0.368. The van der Waals surface area contributed by atoms with E-state index in [4.69, 9.17) is 9.16 Å². The van der Waals surface area contributed by atoms with Gasteiger partial charge in [0.15, 0.2) is 0 Å². The number of carbonyl (C=O) groups is 1. The highest BCUT2D eigenvalue weighted by atomic mass is 28.4. The molecule has 3 aromatic rings. The average Bonchev–Trinajstić information content (AvgIpc) is 3.54. The van der Waals surface area contributed by atoms with Crippen LogP contribution in [0.15, 0.2) is 84.9 Å². The predicted molar refractivity (Wildman–Crippen MR) is 132 cm³/mol. The highest BCUT2D eigenvalue weighted by Gasteiger charge is 2.54. The van der Waals surface area contributed by atoms with E-state index >= 15 is 0 Å². The number of rotatable bonds is 7. The van der Waals surface area contributed by atoms with Crippen molar-refractivity contribution in [3.8, 4) is 0 Å². The number of esters is 1. The van der Waals surface area contributed by atoms with Crippen LogP contribution in [0.5, 0.6) is 0 Å². The molecule has 166 valence electrons. The first-order chi connectivity index (χ1) is 15.3. The van der Waals surface area contributed by atoms with E-state index in [1.165, 1.54) is 10.4 Å². The number of hydrogen-bond acceptors (Lipinski definition) is 3. The minimum Gasteiger partial charge on any atom is -0.453 e. The Morgan fingerprint density at radius 1 is 0.844 bits per heavy atom. The molecule has 32 heavy (non-hydrogen) atoms. The van der Waals surface area contributed by atoms with E-state index in [-0.39, 0.29) is 11.0 Å². The molecule has 0 aromatic heterocycles. The molecule has 0 aliphatic heterocycles. The summed E-state index contributed by atoms with van der Waals surface area (Å²) in [7, 11) is -2.65. The first-order valence-corrected chi connectivity index (χ1v) is 13.2. The molecule has 3 aromatic carbocycles. The first kappa shape index (κ1) is 22.5. The zero-order chi connectivity index (χ0) is 22.8. The van der Waals surface area contributed by atoms with Gasteiger partial charge >= 0.3 is 5.97 Å². The molecule has 0 N–H and O–H groups in total. The maximum atomic E-state index is 12.9. The minimum atomic E-state index is -2.65. The van der Waals surface area contributed by atoms with Gasteiger partial charge in [0.05, 0.1) is 12.2 Å². The Bertz CT molecular complexity index is 1030. The van der Waals surface area contributed by atoms with Gasteiger partial charge in [0.1, 0.15) is 5.60 Å². The number of hydrogen-bond donors (Lipinski definition) is 0. The van der Waals surface area contributed by atoms with Gasteiger partial charge < -0.3 is 9.16 Å². The normalized spacial score (nSPS) is 15.2. The molecule has 0 amide bonds. The number of benzene rings is 3. The fourth-order valence-corrected chi connectivity index (χ4v) is 9.11. The second-order valence-electron chi connectivity index (χ2n) is 9.84. The second-order valence-corrected chi connectivity index (χ2v) is 14.1. The molecule has 1 aliphatic rings. The van der Waals surface area contributed by atoms with Crippen LogP contribution in [0.4, 0.5) is 0 Å². The maximum Gasteiger partial charge on any atom is 0.339 e. The van der Waals surface area contributed by atoms with Crippen LogP contribution in [-0.2, 0) is 9.16 Å². The van der Waals surface area contributed by atoms with Gasteiger partial charge in [-0.2, -0.15) is 0 Å². The van der Waals surface area contributed by atoms with E-state index in [1.54, 1.807) is 0 Å². The lowest BCUT2D eigenvalue weighted by atomic mass is 10.1. The van der Waals surface area contributed by atoms with E-state index in [9.17, 15) is 4.79 Å². The SMILES string of the molecule is Cc1ccccc1C(=O)OC1(CO[Si](c2ccccc2)(c2ccccc2)C(C)(C)C)CC1. The molecule has 0 spiro atoms. The largest absolute Gasteiger partial charge is 0.453 e. The van der Waals surface area contributed by atoms with E-state index < -0.39 is 13.9 Å². The van der Waals surface area contributed by atoms with Crippen LogP contribution < -0.4 is 10.4 Å². The first-order valence-electron chi connectivity index (χ1n) is 11.3. The Balaban J connectivity index is 1.65. The monoisotopic (exact) mass is 444 g/mol. The molecular weight excluding hydrogens is 412 g/mol. The Labute approximate surface area is 192 Å². The molecule has 3 nitrogen and oxygen atoms in total. The molecule has 1 fully saturated rings. The van der Waals surface area contributed by atoms with Crippen molar-refractivity contribution < 1.29 is 14.0 Å². The Morgan fingerprint density at radius 3 is 1.81 bits per heavy atom. The van der Waals surface area contributed by atoms with Crippen LogP contribution in [0.3, 0.4) is 0 Å². The zero-order valence-electron chi connectivity index (χ0n) is 19.4. The summed E-state index contributed by atoms with van der Waals surface area (Å²) >= 11 is 0. The summed E-state index contributed by atoms with van der Waals surface area (Å²) in [6.45, 7) is 9.14. The Kier molecular flexibility index (Phi) is 6.10. The van der Waals surface area contributed by atoms with Crippen LogP contribution in [0, 0.1) is 6.92 Å². The van der Waals surface area contributed by atoms with Gasteiger partial charge in [-0.3, -0.25) is 0 Å². The fraction of sp³-hybridized carbons (Fsp3) is 0.321. The highest BCUT2D eigenvalue weighted by molar-refractivity contribution is 6.99. The lowest BCUT2D eigenvalue weighted by molar-refractivity contribution is 0.00616. The molecule has 1 aliphatic carbocycles. The Morgan fingerprint density at radius 2 is 1.34 bits per heavy atom. The van der Waals surface area contributed by atoms with Crippen molar-refractivity contribution in [3.05, 3.63) is 96.1 Å². The number of ether oxygens (including phenoxy) is 1. The second kappa shape index (κ2) is 8.68. The van der Waals surface area contributed by atoms with E-state index in [2.05, 4.69) is 69.3 Å². The lowest BCUT2D eigenvalue weighted by Crippen LogP contribution is -2.67. The summed E-state index contributed by atoms with van der Waals surface area (Å²) in [6.07, 6.45) is 1.67. The highest BCUT2D eigenvalue weighted by Crippen LogP contribution is 2.44. The van der Waals surface area contributed by atoms with Crippen molar-refractivity contribution in [2.45, 2.75) is 51.2 Å². The fourth-order valence-electron chi connectivity index (χ4n) is 4.47. The lowest BCUT2D eigenvalue weighted by Gasteiger charge is -2.43. The van der Waals surface area contributed by atoms with Crippen LogP contribution in [-0.4, -0.2) is 26.5 Å². The van der Waals surface area contributed by atoms with Gasteiger partial charge in [0.2, 0.25) is 0 Å². The molecule has 4 rings (SSSR count). The van der Waals surface area contributed by atoms with E-state index in [0.717, 1.165) is 18.4 Å². The topological polar surface area (TPSA) is 35.5 Å². The van der Waals surface area contributed by atoms with Gasteiger partial charge in [-0.25, -0.2) is 4.79 Å². The van der Waals surface area contributed by atoms with Crippen molar-refractivity contribution in [2.75, 3.05) is 6.61 Å². The maximum absolute atomic E-state index is 12.9. The number of carbonyl (C=O) groups excluding carboxylic acids is 1. The smallest absolute Gasteiger partial charge is 0.339 e. The molecule has 0 atom stereocenters. The van der Waals surface area contributed by atoms with Crippen LogP contribution in [0.1, 0.15) is 49.5 Å². The summed E-state index contributed by atoms with van der Waals surface area (Å²) in [5, 5.41) is 2.37. The molecule has 1 saturated carbocycles. The molecule has 0 radical (unpaired) electrons. The summed E-state index contributed by atoms with van der Waals surface area (Å²) < 4.78 is 13.1. The van der Waals surface area contributed by atoms with Crippen molar-refractivity contribution >= 4 is 24.7 Å². The summed E-state index contributed by atoms with van der Waals surface area (Å²) in [4.78, 5) is 12.9. The predicted octanol–water partition coefficient (Wildman–Crippen LogP) is 5.26. The Hall–Kier alpha value is -2.69. The van der Waals surface area contributed by atoms with Gasteiger partial charge in [0.25, 0.3) is 8.32 Å². The number of aryl methyl sites for hydroxylation is 1. The van der Waals surface area contributed by atoms with Gasteiger partial charge in [0, 0.05) is 0 Å². The molecule has 0 saturated heterocycles. The third-order valence-corrected chi connectivity index (χ3v) is 11.4. The van der Waals surface area contributed by atoms with Crippen molar-refractivity contribution in [1.29, 1.82) is 0 Å². The molecule has 4 heteroatoms. The van der Waals surface area contributed by atoms with Crippen molar-refractivity contribution in [2.24, 2.45) is 0 Å². The summed E-state index contributed by atoms with van der Waals surface area (Å²) in [6, 6.07) is 28.7. The molecule has 0 unspecified atom stereocenters.